The van der Waals surface area contributed by atoms with Crippen LogP contribution in [0.25, 0.3) is 6.08 Å². The lowest BCUT2D eigenvalue weighted by molar-refractivity contribution is 0.0600. The molecular weight excluding hydrogens is 202 g/mol. The molecule has 0 aliphatic rings. The summed E-state index contributed by atoms with van der Waals surface area (Å²) in [6.45, 7) is 4.48. The molecule has 0 aromatic heterocycles. The Hall–Kier alpha value is -1.61. The third-order valence-electron chi connectivity index (χ3n) is 2.56. The Balaban J connectivity index is 3.21. The van der Waals surface area contributed by atoms with E-state index < -0.39 is 0 Å². The molecule has 0 unspecified atom stereocenters. The van der Waals surface area contributed by atoms with Gasteiger partial charge in [-0.3, -0.25) is 0 Å². The van der Waals surface area contributed by atoms with Gasteiger partial charge < -0.3 is 10.5 Å². The molecule has 0 spiro atoms. The summed E-state index contributed by atoms with van der Waals surface area (Å²) >= 11 is 0. The molecule has 0 fully saturated rings. The summed E-state index contributed by atoms with van der Waals surface area (Å²) in [7, 11) is 1.38. The second-order valence-corrected chi connectivity index (χ2v) is 3.64. The van der Waals surface area contributed by atoms with Gasteiger partial charge in [0.15, 0.2) is 0 Å². The molecule has 0 atom stereocenters. The van der Waals surface area contributed by atoms with Gasteiger partial charge in [0.05, 0.1) is 12.7 Å². The van der Waals surface area contributed by atoms with Gasteiger partial charge in [-0.1, -0.05) is 12.2 Å². The van der Waals surface area contributed by atoms with Crippen molar-refractivity contribution in [2.24, 2.45) is 5.73 Å². The van der Waals surface area contributed by atoms with Crippen LogP contribution < -0.4 is 5.73 Å². The Morgan fingerprint density at radius 2 is 2.12 bits per heavy atom. The number of nitrogens with two attached hydrogens (primary N) is 1. The van der Waals surface area contributed by atoms with Crippen LogP contribution in [0.5, 0.6) is 0 Å². The van der Waals surface area contributed by atoms with Crippen LogP contribution in [0.3, 0.4) is 0 Å². The average molecular weight is 219 g/mol. The van der Waals surface area contributed by atoms with Crippen molar-refractivity contribution in [3.63, 3.8) is 0 Å². The van der Waals surface area contributed by atoms with Gasteiger partial charge in [-0.25, -0.2) is 4.79 Å². The van der Waals surface area contributed by atoms with E-state index in [-0.39, 0.29) is 5.97 Å². The molecule has 1 aromatic rings. The summed E-state index contributed by atoms with van der Waals surface area (Å²) in [5.41, 5.74) is 9.21. The van der Waals surface area contributed by atoms with E-state index in [0.29, 0.717) is 12.1 Å². The fourth-order valence-electron chi connectivity index (χ4n) is 1.49. The van der Waals surface area contributed by atoms with Crippen LogP contribution in [0.4, 0.5) is 0 Å². The van der Waals surface area contributed by atoms with Gasteiger partial charge in [0.2, 0.25) is 0 Å². The molecule has 0 aliphatic heterocycles. The van der Waals surface area contributed by atoms with Crippen molar-refractivity contribution in [2.45, 2.75) is 13.8 Å². The molecular formula is C13H17NO2. The monoisotopic (exact) mass is 219 g/mol. The van der Waals surface area contributed by atoms with Crippen LogP contribution in [-0.4, -0.2) is 19.6 Å². The zero-order valence-corrected chi connectivity index (χ0v) is 9.91. The quantitative estimate of drug-likeness (QED) is 0.792. The molecule has 1 aromatic carbocycles. The predicted octanol–water partition coefficient (Wildman–Crippen LogP) is 2.06. The van der Waals surface area contributed by atoms with Gasteiger partial charge in [-0.15, -0.1) is 0 Å². The number of hydrogen-bond donors (Lipinski definition) is 1. The van der Waals surface area contributed by atoms with Gasteiger partial charge >= 0.3 is 5.97 Å². The second-order valence-electron chi connectivity index (χ2n) is 3.64. The molecule has 3 heteroatoms. The van der Waals surface area contributed by atoms with Crippen molar-refractivity contribution >= 4 is 12.0 Å². The number of carbonyl (C=O) groups excluding carboxylic acids is 1. The average Bonchev–Trinajstić information content (AvgIpc) is 2.29. The van der Waals surface area contributed by atoms with Crippen LogP contribution in [0.1, 0.15) is 27.0 Å². The maximum absolute atomic E-state index is 11.4. The number of hydrogen-bond acceptors (Lipinski definition) is 3. The summed E-state index contributed by atoms with van der Waals surface area (Å²) in [6, 6.07) is 3.65. The van der Waals surface area contributed by atoms with Crippen molar-refractivity contribution < 1.29 is 9.53 Å². The van der Waals surface area contributed by atoms with Gasteiger partial charge in [-0.2, -0.15) is 0 Å². The highest BCUT2D eigenvalue weighted by molar-refractivity contribution is 5.90. The van der Waals surface area contributed by atoms with E-state index in [1.54, 1.807) is 0 Å². The molecule has 2 N–H and O–H groups in total. The SMILES string of the molecule is COC(=O)c1cc(C)c(C)c(/C=C/CN)c1. The van der Waals surface area contributed by atoms with E-state index in [1.807, 2.05) is 38.1 Å². The zero-order chi connectivity index (χ0) is 12.1. The first-order valence-corrected chi connectivity index (χ1v) is 5.16. The van der Waals surface area contributed by atoms with Crippen molar-refractivity contribution in [3.05, 3.63) is 40.5 Å². The molecule has 0 bridgehead atoms. The topological polar surface area (TPSA) is 52.3 Å². The first-order valence-electron chi connectivity index (χ1n) is 5.16. The van der Waals surface area contributed by atoms with E-state index in [0.717, 1.165) is 16.7 Å². The summed E-state index contributed by atoms with van der Waals surface area (Å²) in [4.78, 5) is 11.4. The van der Waals surface area contributed by atoms with Gasteiger partial charge in [0.25, 0.3) is 0 Å². The third kappa shape index (κ3) is 2.70. The minimum Gasteiger partial charge on any atom is -0.465 e. The normalized spacial score (nSPS) is 10.8. The molecule has 86 valence electrons. The number of carbonyl (C=O) groups is 1. The van der Waals surface area contributed by atoms with Crippen LogP contribution in [0.15, 0.2) is 18.2 Å². The first kappa shape index (κ1) is 12.5. The Kier molecular flexibility index (Phi) is 4.26. The molecule has 1 rings (SSSR count). The molecule has 0 radical (unpaired) electrons. The Morgan fingerprint density at radius 1 is 1.44 bits per heavy atom. The summed E-state index contributed by atoms with van der Waals surface area (Å²) in [6.07, 6.45) is 3.79. The third-order valence-corrected chi connectivity index (χ3v) is 2.56. The van der Waals surface area contributed by atoms with Gasteiger partial charge in [-0.05, 0) is 42.7 Å². The molecule has 0 amide bonds. The van der Waals surface area contributed by atoms with E-state index in [1.165, 1.54) is 7.11 Å². The van der Waals surface area contributed by atoms with Crippen molar-refractivity contribution in [2.75, 3.05) is 13.7 Å². The lowest BCUT2D eigenvalue weighted by atomic mass is 9.99. The smallest absolute Gasteiger partial charge is 0.337 e. The number of esters is 1. The lowest BCUT2D eigenvalue weighted by Crippen LogP contribution is -2.03. The Bertz CT molecular complexity index is 422. The van der Waals surface area contributed by atoms with Crippen molar-refractivity contribution in [1.82, 2.24) is 0 Å². The van der Waals surface area contributed by atoms with Crippen LogP contribution in [0, 0.1) is 13.8 Å². The first-order chi connectivity index (χ1) is 7.60. The molecule has 0 aliphatic carbocycles. The number of aryl methyl sites for hydroxylation is 1. The van der Waals surface area contributed by atoms with Crippen LogP contribution in [-0.2, 0) is 4.74 Å². The molecule has 0 saturated carbocycles. The highest BCUT2D eigenvalue weighted by Crippen LogP contribution is 2.18. The van der Waals surface area contributed by atoms with Crippen molar-refractivity contribution in [1.29, 1.82) is 0 Å². The van der Waals surface area contributed by atoms with E-state index >= 15 is 0 Å². The number of rotatable bonds is 3. The number of methoxy groups -OCH3 is 1. The fraction of sp³-hybridized carbons (Fsp3) is 0.308. The minimum absolute atomic E-state index is 0.314. The minimum atomic E-state index is -0.314. The maximum atomic E-state index is 11.4. The lowest BCUT2D eigenvalue weighted by Gasteiger charge is -2.08. The van der Waals surface area contributed by atoms with E-state index in [4.69, 9.17) is 10.5 Å². The fourth-order valence-corrected chi connectivity index (χ4v) is 1.49. The predicted molar refractivity (Wildman–Crippen MR) is 65.3 cm³/mol. The number of benzene rings is 1. The summed E-state index contributed by atoms with van der Waals surface area (Å²) in [5, 5.41) is 0. The molecule has 3 nitrogen and oxygen atoms in total. The summed E-state index contributed by atoms with van der Waals surface area (Å²) in [5.74, 6) is -0.314. The second kappa shape index (κ2) is 5.47. The van der Waals surface area contributed by atoms with E-state index in [2.05, 4.69) is 0 Å². The van der Waals surface area contributed by atoms with Gasteiger partial charge in [0.1, 0.15) is 0 Å². The summed E-state index contributed by atoms with van der Waals surface area (Å²) < 4.78 is 4.70. The van der Waals surface area contributed by atoms with Crippen LogP contribution in [0.2, 0.25) is 0 Å². The maximum Gasteiger partial charge on any atom is 0.337 e. The van der Waals surface area contributed by atoms with E-state index in [9.17, 15) is 4.79 Å². The number of ether oxygens (including phenoxy) is 1. The highest BCUT2D eigenvalue weighted by atomic mass is 16.5. The Labute approximate surface area is 95.9 Å². The van der Waals surface area contributed by atoms with Crippen molar-refractivity contribution in [3.8, 4) is 0 Å². The standard InChI is InChI=1S/C13H17NO2/c1-9-7-12(13(15)16-3)8-11(10(9)2)5-4-6-14/h4-5,7-8H,6,14H2,1-3H3/b5-4+. The highest BCUT2D eigenvalue weighted by Gasteiger charge is 2.09. The molecule has 16 heavy (non-hydrogen) atoms. The van der Waals surface area contributed by atoms with Gasteiger partial charge in [0, 0.05) is 6.54 Å². The molecule has 0 saturated heterocycles. The van der Waals surface area contributed by atoms with Crippen LogP contribution >= 0.6 is 0 Å². The molecule has 0 heterocycles. The Morgan fingerprint density at radius 3 is 2.69 bits per heavy atom. The zero-order valence-electron chi connectivity index (χ0n) is 9.91. The largest absolute Gasteiger partial charge is 0.465 e.